The van der Waals surface area contributed by atoms with Crippen LogP contribution in [-0.4, -0.2) is 36.1 Å². The van der Waals surface area contributed by atoms with Crippen molar-refractivity contribution in [3.63, 3.8) is 0 Å². The standard InChI is InChI=1S/C20H25Cl2N5O2.HI/c1-3-23-20(25-12-14-11-16(21)19(22)27(14)2)24-8-9-29-15-5-6-17-13(10-15)4-7-18(28)26-17;/h5-6,10-11H,3-4,7-9,12H2,1-2H3,(H,26,28)(H2,23,24,25);1H. The van der Waals surface area contributed by atoms with E-state index in [9.17, 15) is 4.79 Å². The fourth-order valence-corrected chi connectivity index (χ4v) is 3.45. The lowest BCUT2D eigenvalue weighted by molar-refractivity contribution is -0.116. The summed E-state index contributed by atoms with van der Waals surface area (Å²) in [5, 5.41) is 10.4. The fraction of sp³-hybridized carbons (Fsp3) is 0.400. The van der Waals surface area contributed by atoms with Gasteiger partial charge < -0.3 is 25.3 Å². The maximum atomic E-state index is 11.4. The number of rotatable bonds is 7. The van der Waals surface area contributed by atoms with Gasteiger partial charge in [0, 0.05) is 31.4 Å². The van der Waals surface area contributed by atoms with E-state index in [1.54, 1.807) is 0 Å². The van der Waals surface area contributed by atoms with E-state index in [0.717, 1.165) is 35.7 Å². The van der Waals surface area contributed by atoms with Gasteiger partial charge >= 0.3 is 0 Å². The van der Waals surface area contributed by atoms with E-state index in [4.69, 9.17) is 27.9 Å². The number of aliphatic imine (C=N–C) groups is 1. The Balaban J connectivity index is 0.00000320. The number of anilines is 1. The number of hydrogen-bond donors (Lipinski definition) is 3. The Labute approximate surface area is 203 Å². The molecule has 7 nitrogen and oxygen atoms in total. The minimum absolute atomic E-state index is 0. The van der Waals surface area contributed by atoms with Crippen molar-refractivity contribution in [2.75, 3.05) is 25.0 Å². The SMILES string of the molecule is CCNC(=NCc1cc(Cl)c(Cl)n1C)NCCOc1ccc2c(c1)CCC(=O)N2.I. The van der Waals surface area contributed by atoms with Crippen LogP contribution in [0.2, 0.25) is 10.2 Å². The lowest BCUT2D eigenvalue weighted by atomic mass is 10.0. The van der Waals surface area contributed by atoms with E-state index in [1.165, 1.54) is 0 Å². The molecule has 2 aromatic rings. The zero-order valence-corrected chi connectivity index (χ0v) is 20.8. The van der Waals surface area contributed by atoms with Gasteiger partial charge in [-0.25, -0.2) is 4.99 Å². The summed E-state index contributed by atoms with van der Waals surface area (Å²) in [7, 11) is 1.86. The first-order valence-electron chi connectivity index (χ1n) is 9.55. The molecule has 3 N–H and O–H groups in total. The smallest absolute Gasteiger partial charge is 0.224 e. The number of carbonyl (C=O) groups excluding carboxylic acids is 1. The topological polar surface area (TPSA) is 79.7 Å². The fourth-order valence-electron chi connectivity index (χ4n) is 3.03. The Morgan fingerprint density at radius 1 is 1.27 bits per heavy atom. The number of carbonyl (C=O) groups is 1. The predicted molar refractivity (Wildman–Crippen MR) is 133 cm³/mol. The van der Waals surface area contributed by atoms with Crippen LogP contribution >= 0.6 is 47.2 Å². The molecule has 164 valence electrons. The number of nitrogens with one attached hydrogen (secondary N) is 3. The van der Waals surface area contributed by atoms with Crippen LogP contribution < -0.4 is 20.7 Å². The summed E-state index contributed by atoms with van der Waals surface area (Å²) in [5.41, 5.74) is 2.90. The monoisotopic (exact) mass is 565 g/mol. The van der Waals surface area contributed by atoms with E-state index in [-0.39, 0.29) is 29.9 Å². The second-order valence-electron chi connectivity index (χ2n) is 6.67. The summed E-state index contributed by atoms with van der Waals surface area (Å²) in [6, 6.07) is 7.55. The molecule has 2 heterocycles. The Morgan fingerprint density at radius 3 is 2.77 bits per heavy atom. The molecule has 1 aromatic carbocycles. The van der Waals surface area contributed by atoms with Gasteiger partial charge in [-0.1, -0.05) is 23.2 Å². The summed E-state index contributed by atoms with van der Waals surface area (Å²) in [6.45, 7) is 4.29. The van der Waals surface area contributed by atoms with Crippen molar-refractivity contribution >= 4 is 64.7 Å². The van der Waals surface area contributed by atoms with Crippen LogP contribution in [0.15, 0.2) is 29.3 Å². The first-order chi connectivity index (χ1) is 14.0. The van der Waals surface area contributed by atoms with Crippen molar-refractivity contribution < 1.29 is 9.53 Å². The first kappa shape index (κ1) is 24.6. The summed E-state index contributed by atoms with van der Waals surface area (Å²) in [6.07, 6.45) is 1.25. The van der Waals surface area contributed by atoms with Crippen molar-refractivity contribution in [3.05, 3.63) is 45.7 Å². The lowest BCUT2D eigenvalue weighted by Gasteiger charge is -2.18. The molecule has 0 saturated carbocycles. The third-order valence-corrected chi connectivity index (χ3v) is 5.44. The summed E-state index contributed by atoms with van der Waals surface area (Å²) in [5.74, 6) is 1.54. The second-order valence-corrected chi connectivity index (χ2v) is 7.44. The van der Waals surface area contributed by atoms with E-state index in [1.807, 2.05) is 42.8 Å². The van der Waals surface area contributed by atoms with Gasteiger partial charge in [0.2, 0.25) is 5.91 Å². The summed E-state index contributed by atoms with van der Waals surface area (Å²) >= 11 is 12.2. The molecule has 0 bridgehead atoms. The minimum atomic E-state index is 0. The van der Waals surface area contributed by atoms with Gasteiger partial charge in [-0.3, -0.25) is 4.79 Å². The predicted octanol–water partition coefficient (Wildman–Crippen LogP) is 3.97. The quantitative estimate of drug-likeness (QED) is 0.205. The number of hydrogen-bond acceptors (Lipinski definition) is 3. The highest BCUT2D eigenvalue weighted by Gasteiger charge is 2.15. The molecule has 1 aliphatic heterocycles. The maximum Gasteiger partial charge on any atom is 0.224 e. The van der Waals surface area contributed by atoms with Crippen molar-refractivity contribution in [1.29, 1.82) is 0 Å². The van der Waals surface area contributed by atoms with Crippen LogP contribution in [0.4, 0.5) is 5.69 Å². The Kier molecular flexibility index (Phi) is 9.57. The van der Waals surface area contributed by atoms with Gasteiger partial charge in [0.05, 0.1) is 18.1 Å². The third-order valence-electron chi connectivity index (χ3n) is 4.59. The van der Waals surface area contributed by atoms with Crippen molar-refractivity contribution in [3.8, 4) is 5.75 Å². The first-order valence-corrected chi connectivity index (χ1v) is 10.3. The van der Waals surface area contributed by atoms with Crippen LogP contribution in [0, 0.1) is 0 Å². The summed E-state index contributed by atoms with van der Waals surface area (Å²) in [4.78, 5) is 16.0. The van der Waals surface area contributed by atoms with Crippen LogP contribution in [0.1, 0.15) is 24.6 Å². The number of aryl methyl sites for hydroxylation is 1. The normalized spacial score (nSPS) is 13.2. The molecule has 0 aliphatic carbocycles. The molecule has 1 aliphatic rings. The van der Waals surface area contributed by atoms with Gasteiger partial charge in [-0.15, -0.1) is 24.0 Å². The molecule has 0 unspecified atom stereocenters. The van der Waals surface area contributed by atoms with Crippen LogP contribution in [0.5, 0.6) is 5.75 Å². The Morgan fingerprint density at radius 2 is 2.07 bits per heavy atom. The largest absolute Gasteiger partial charge is 0.492 e. The minimum Gasteiger partial charge on any atom is -0.492 e. The van der Waals surface area contributed by atoms with Gasteiger partial charge in [0.15, 0.2) is 5.96 Å². The highest BCUT2D eigenvalue weighted by atomic mass is 127. The van der Waals surface area contributed by atoms with Gasteiger partial charge in [-0.2, -0.15) is 0 Å². The zero-order valence-electron chi connectivity index (χ0n) is 16.9. The van der Waals surface area contributed by atoms with Gasteiger partial charge in [0.1, 0.15) is 17.5 Å². The Hall–Kier alpha value is -1.65. The van der Waals surface area contributed by atoms with E-state index >= 15 is 0 Å². The van der Waals surface area contributed by atoms with Crippen molar-refractivity contribution in [1.82, 2.24) is 15.2 Å². The molecular formula is C20H26Cl2IN5O2. The molecule has 0 spiro atoms. The molecule has 0 radical (unpaired) electrons. The van der Waals surface area contributed by atoms with Crippen molar-refractivity contribution in [2.45, 2.75) is 26.3 Å². The molecule has 0 fully saturated rings. The van der Waals surface area contributed by atoms with Crippen LogP contribution in [0.3, 0.4) is 0 Å². The molecule has 1 amide bonds. The molecule has 10 heteroatoms. The average Bonchev–Trinajstić information content (AvgIpc) is 2.96. The number of nitrogens with zero attached hydrogens (tertiary/aromatic N) is 2. The van der Waals surface area contributed by atoms with Gasteiger partial charge in [-0.05, 0) is 43.2 Å². The highest BCUT2D eigenvalue weighted by molar-refractivity contribution is 14.0. The summed E-state index contributed by atoms with van der Waals surface area (Å²) < 4.78 is 7.65. The highest BCUT2D eigenvalue weighted by Crippen LogP contribution is 2.27. The number of ether oxygens (including phenoxy) is 1. The molecule has 1 aromatic heterocycles. The third kappa shape index (κ3) is 6.42. The number of benzene rings is 1. The van der Waals surface area contributed by atoms with Gasteiger partial charge in [0.25, 0.3) is 0 Å². The molecule has 0 saturated heterocycles. The second kappa shape index (κ2) is 11.7. The number of aromatic nitrogens is 1. The Bertz CT molecular complexity index is 917. The molecular weight excluding hydrogens is 540 g/mol. The lowest BCUT2D eigenvalue weighted by Crippen LogP contribution is -2.39. The number of fused-ring (bicyclic) bond motifs is 1. The van der Waals surface area contributed by atoms with Crippen LogP contribution in [0.25, 0.3) is 0 Å². The van der Waals surface area contributed by atoms with E-state index in [0.29, 0.717) is 42.3 Å². The molecule has 30 heavy (non-hydrogen) atoms. The number of guanidine groups is 1. The van der Waals surface area contributed by atoms with Crippen LogP contribution in [-0.2, 0) is 24.8 Å². The average molecular weight is 566 g/mol. The number of halogens is 3. The van der Waals surface area contributed by atoms with E-state index < -0.39 is 0 Å². The van der Waals surface area contributed by atoms with E-state index in [2.05, 4.69) is 20.9 Å². The number of amides is 1. The van der Waals surface area contributed by atoms with Crippen molar-refractivity contribution in [2.24, 2.45) is 12.0 Å². The molecule has 0 atom stereocenters. The maximum absolute atomic E-state index is 11.4. The molecule has 3 rings (SSSR count). The zero-order chi connectivity index (χ0) is 20.8.